The summed E-state index contributed by atoms with van der Waals surface area (Å²) in [6.45, 7) is 0.0292. The number of ketones is 1. The average molecular weight is 258 g/mol. The number of nitro benzene ring substituents is 1. The Morgan fingerprint density at radius 2 is 2.24 bits per heavy atom. The molecular weight excluding hydrogens is 246 g/mol. The van der Waals surface area contributed by atoms with E-state index in [9.17, 15) is 14.9 Å². The third-order valence-electron chi connectivity index (χ3n) is 2.22. The highest BCUT2D eigenvalue weighted by atomic mass is 35.5. The molecule has 17 heavy (non-hydrogen) atoms. The van der Waals surface area contributed by atoms with Gasteiger partial charge in [0.25, 0.3) is 5.69 Å². The first-order valence-corrected chi connectivity index (χ1v) is 5.36. The van der Waals surface area contributed by atoms with Crippen molar-refractivity contribution >= 4 is 23.1 Å². The second-order valence-corrected chi connectivity index (χ2v) is 3.94. The SMILES string of the molecule is COCC(=O)CCc1ccc(Cl)cc1[N+](=O)[O-]. The number of rotatable bonds is 6. The molecule has 0 spiro atoms. The van der Waals surface area contributed by atoms with Gasteiger partial charge in [-0.25, -0.2) is 0 Å². The van der Waals surface area contributed by atoms with Crippen molar-refractivity contribution in [2.75, 3.05) is 13.7 Å². The lowest BCUT2D eigenvalue weighted by Crippen LogP contribution is -2.08. The van der Waals surface area contributed by atoms with Crippen LogP contribution in [0.2, 0.25) is 5.02 Å². The van der Waals surface area contributed by atoms with Crippen molar-refractivity contribution in [2.24, 2.45) is 0 Å². The van der Waals surface area contributed by atoms with E-state index in [1.165, 1.54) is 13.2 Å². The van der Waals surface area contributed by atoms with Crippen LogP contribution >= 0.6 is 11.6 Å². The highest BCUT2D eigenvalue weighted by Gasteiger charge is 2.15. The van der Waals surface area contributed by atoms with Gasteiger partial charge in [-0.05, 0) is 12.5 Å². The summed E-state index contributed by atoms with van der Waals surface area (Å²) in [5.74, 6) is -0.0863. The number of methoxy groups -OCH3 is 1. The molecule has 1 aromatic carbocycles. The molecule has 0 fully saturated rings. The van der Waals surface area contributed by atoms with Crippen molar-refractivity contribution < 1.29 is 14.5 Å². The quantitative estimate of drug-likeness (QED) is 0.580. The second kappa shape index (κ2) is 6.32. The van der Waals surface area contributed by atoms with Crippen LogP contribution < -0.4 is 0 Å². The summed E-state index contributed by atoms with van der Waals surface area (Å²) in [6, 6.07) is 4.43. The first-order chi connectivity index (χ1) is 8.04. The third-order valence-corrected chi connectivity index (χ3v) is 2.46. The largest absolute Gasteiger partial charge is 0.377 e. The predicted molar refractivity (Wildman–Crippen MR) is 63.3 cm³/mol. The number of aryl methyl sites for hydroxylation is 1. The Balaban J connectivity index is 2.77. The molecule has 0 aliphatic rings. The minimum absolute atomic E-state index is 0.0292. The van der Waals surface area contributed by atoms with Crippen LogP contribution in [-0.4, -0.2) is 24.4 Å². The van der Waals surface area contributed by atoms with Gasteiger partial charge in [0.2, 0.25) is 0 Å². The summed E-state index contributed by atoms with van der Waals surface area (Å²) in [4.78, 5) is 21.5. The van der Waals surface area contributed by atoms with Gasteiger partial charge in [0.1, 0.15) is 6.61 Å². The molecule has 0 radical (unpaired) electrons. The van der Waals surface area contributed by atoms with Crippen molar-refractivity contribution in [3.63, 3.8) is 0 Å². The van der Waals surface area contributed by atoms with Gasteiger partial charge in [0, 0.05) is 30.2 Å². The maximum absolute atomic E-state index is 11.2. The molecule has 6 heteroatoms. The number of ether oxygens (including phenoxy) is 1. The fraction of sp³-hybridized carbons (Fsp3) is 0.364. The molecule has 0 aromatic heterocycles. The molecule has 0 saturated heterocycles. The zero-order valence-electron chi connectivity index (χ0n) is 9.31. The van der Waals surface area contributed by atoms with Crippen LogP contribution in [0.4, 0.5) is 5.69 Å². The Labute approximate surface area is 103 Å². The van der Waals surface area contributed by atoms with E-state index in [-0.39, 0.29) is 24.5 Å². The summed E-state index contributed by atoms with van der Waals surface area (Å²) < 4.78 is 4.68. The maximum atomic E-state index is 11.2. The van der Waals surface area contributed by atoms with E-state index in [1.54, 1.807) is 12.1 Å². The smallest absolute Gasteiger partial charge is 0.274 e. The molecule has 1 aromatic rings. The van der Waals surface area contributed by atoms with E-state index in [0.29, 0.717) is 17.0 Å². The number of benzene rings is 1. The van der Waals surface area contributed by atoms with Gasteiger partial charge < -0.3 is 4.74 Å². The first-order valence-electron chi connectivity index (χ1n) is 4.98. The van der Waals surface area contributed by atoms with E-state index >= 15 is 0 Å². The number of Topliss-reactive ketones (excluding diaryl/α,β-unsaturated/α-hetero) is 1. The van der Waals surface area contributed by atoms with Crippen LogP contribution in [0, 0.1) is 10.1 Å². The molecule has 92 valence electrons. The molecule has 0 unspecified atom stereocenters. The topological polar surface area (TPSA) is 69.4 Å². The third kappa shape index (κ3) is 4.13. The van der Waals surface area contributed by atoms with Crippen molar-refractivity contribution in [1.82, 2.24) is 0 Å². The Kier molecular flexibility index (Phi) is 5.06. The zero-order chi connectivity index (χ0) is 12.8. The summed E-state index contributed by atoms with van der Waals surface area (Å²) in [5, 5.41) is 11.1. The number of nitro groups is 1. The Bertz CT molecular complexity index is 433. The van der Waals surface area contributed by atoms with Crippen LogP contribution in [0.5, 0.6) is 0 Å². The fourth-order valence-corrected chi connectivity index (χ4v) is 1.59. The van der Waals surface area contributed by atoms with Gasteiger partial charge >= 0.3 is 0 Å². The number of carbonyl (C=O) groups is 1. The number of hydrogen-bond acceptors (Lipinski definition) is 4. The molecule has 0 saturated carbocycles. The number of halogens is 1. The molecular formula is C11H12ClNO4. The Morgan fingerprint density at radius 1 is 1.53 bits per heavy atom. The molecule has 0 amide bonds. The van der Waals surface area contributed by atoms with Crippen LogP contribution in [0.15, 0.2) is 18.2 Å². The summed E-state index contributed by atoms with van der Waals surface area (Å²) >= 11 is 5.68. The summed E-state index contributed by atoms with van der Waals surface area (Å²) in [6.07, 6.45) is 0.534. The average Bonchev–Trinajstić information content (AvgIpc) is 2.27. The lowest BCUT2D eigenvalue weighted by molar-refractivity contribution is -0.385. The monoisotopic (exact) mass is 257 g/mol. The molecule has 0 N–H and O–H groups in total. The van der Waals surface area contributed by atoms with Crippen molar-refractivity contribution in [3.05, 3.63) is 38.9 Å². The highest BCUT2D eigenvalue weighted by molar-refractivity contribution is 6.30. The summed E-state index contributed by atoms with van der Waals surface area (Å²) in [5.41, 5.74) is 0.451. The number of carbonyl (C=O) groups excluding carboxylic acids is 1. The second-order valence-electron chi connectivity index (χ2n) is 3.50. The Hall–Kier alpha value is -1.46. The van der Waals surface area contributed by atoms with E-state index in [2.05, 4.69) is 4.74 Å². The van der Waals surface area contributed by atoms with E-state index in [4.69, 9.17) is 11.6 Å². The van der Waals surface area contributed by atoms with Crippen molar-refractivity contribution in [2.45, 2.75) is 12.8 Å². The molecule has 0 atom stereocenters. The first kappa shape index (κ1) is 13.6. The maximum Gasteiger partial charge on any atom is 0.274 e. The van der Waals surface area contributed by atoms with E-state index in [1.807, 2.05) is 0 Å². The molecule has 0 aliphatic carbocycles. The minimum Gasteiger partial charge on any atom is -0.377 e. The van der Waals surface area contributed by atoms with Gasteiger partial charge in [-0.2, -0.15) is 0 Å². The predicted octanol–water partition coefficient (Wildman–Crippen LogP) is 2.40. The van der Waals surface area contributed by atoms with E-state index in [0.717, 1.165) is 0 Å². The van der Waals surface area contributed by atoms with Gasteiger partial charge in [-0.1, -0.05) is 17.7 Å². The summed E-state index contributed by atoms with van der Waals surface area (Å²) in [7, 11) is 1.43. The van der Waals surface area contributed by atoms with Crippen molar-refractivity contribution in [3.8, 4) is 0 Å². The number of hydrogen-bond donors (Lipinski definition) is 0. The fourth-order valence-electron chi connectivity index (χ4n) is 1.43. The standard InChI is InChI=1S/C11H12ClNO4/c1-17-7-10(14)5-3-8-2-4-9(12)6-11(8)13(15)16/h2,4,6H,3,5,7H2,1H3. The van der Waals surface area contributed by atoms with Crippen LogP contribution in [-0.2, 0) is 16.0 Å². The van der Waals surface area contributed by atoms with Crippen LogP contribution in [0.3, 0.4) is 0 Å². The van der Waals surface area contributed by atoms with Gasteiger partial charge in [-0.15, -0.1) is 0 Å². The van der Waals surface area contributed by atoms with Crippen LogP contribution in [0.1, 0.15) is 12.0 Å². The Morgan fingerprint density at radius 3 is 2.82 bits per heavy atom. The lowest BCUT2D eigenvalue weighted by Gasteiger charge is -2.03. The normalized spacial score (nSPS) is 10.2. The zero-order valence-corrected chi connectivity index (χ0v) is 10.1. The molecule has 5 nitrogen and oxygen atoms in total. The minimum atomic E-state index is -0.498. The highest BCUT2D eigenvalue weighted by Crippen LogP contribution is 2.24. The van der Waals surface area contributed by atoms with Gasteiger partial charge in [-0.3, -0.25) is 14.9 Å². The van der Waals surface area contributed by atoms with E-state index < -0.39 is 4.92 Å². The molecule has 0 heterocycles. The molecule has 0 bridgehead atoms. The van der Waals surface area contributed by atoms with Gasteiger partial charge in [0.15, 0.2) is 5.78 Å². The van der Waals surface area contributed by atoms with Gasteiger partial charge in [0.05, 0.1) is 4.92 Å². The lowest BCUT2D eigenvalue weighted by atomic mass is 10.1. The van der Waals surface area contributed by atoms with Crippen LogP contribution in [0.25, 0.3) is 0 Å². The number of nitrogens with zero attached hydrogens (tertiary/aromatic N) is 1. The molecule has 1 rings (SSSR count). The molecule has 0 aliphatic heterocycles. The van der Waals surface area contributed by atoms with Crippen molar-refractivity contribution in [1.29, 1.82) is 0 Å².